The van der Waals surface area contributed by atoms with E-state index in [-0.39, 0.29) is 11.8 Å². The molecule has 2 heterocycles. The molecule has 1 aromatic rings. The molecule has 19 heavy (non-hydrogen) atoms. The van der Waals surface area contributed by atoms with E-state index in [1.54, 1.807) is 0 Å². The Balaban J connectivity index is 1.69. The molecule has 0 aromatic heterocycles. The van der Waals surface area contributed by atoms with E-state index in [4.69, 9.17) is 10.5 Å². The number of piperidine rings is 1. The van der Waals surface area contributed by atoms with Gasteiger partial charge in [-0.2, -0.15) is 0 Å². The highest BCUT2D eigenvalue weighted by Gasteiger charge is 2.34. The Labute approximate surface area is 113 Å². The van der Waals surface area contributed by atoms with Crippen LogP contribution >= 0.6 is 0 Å². The number of hydrogen-bond acceptors (Lipinski definition) is 3. The number of hydrogen-bond donors (Lipinski definition) is 1. The van der Waals surface area contributed by atoms with Crippen LogP contribution in [0.25, 0.3) is 0 Å². The van der Waals surface area contributed by atoms with Gasteiger partial charge in [0.25, 0.3) is 0 Å². The van der Waals surface area contributed by atoms with Gasteiger partial charge in [-0.05, 0) is 31.4 Å². The molecular weight excluding hydrogens is 240 g/mol. The Morgan fingerprint density at radius 3 is 2.79 bits per heavy atom. The lowest BCUT2D eigenvalue weighted by Gasteiger charge is -2.32. The van der Waals surface area contributed by atoms with Crippen LogP contribution in [0.4, 0.5) is 0 Å². The fourth-order valence-corrected chi connectivity index (χ4v) is 2.98. The van der Waals surface area contributed by atoms with Crippen molar-refractivity contribution in [1.29, 1.82) is 0 Å². The summed E-state index contributed by atoms with van der Waals surface area (Å²) in [4.78, 5) is 14.5. The zero-order valence-electron chi connectivity index (χ0n) is 11.0. The Morgan fingerprint density at radius 1 is 1.32 bits per heavy atom. The zero-order valence-corrected chi connectivity index (χ0v) is 11.0. The molecular formula is C15H20N2O2. The van der Waals surface area contributed by atoms with Crippen LogP contribution in [0, 0.1) is 5.92 Å². The van der Waals surface area contributed by atoms with Crippen molar-refractivity contribution in [1.82, 2.24) is 4.90 Å². The van der Waals surface area contributed by atoms with Gasteiger partial charge in [0.05, 0.1) is 0 Å². The number of rotatable bonds is 2. The number of nitrogens with two attached hydrogens (primary N) is 1. The number of benzene rings is 1. The van der Waals surface area contributed by atoms with Crippen molar-refractivity contribution < 1.29 is 9.53 Å². The molecule has 102 valence electrons. The second-order valence-corrected chi connectivity index (χ2v) is 5.41. The normalized spacial score (nSPS) is 23.0. The molecule has 1 unspecified atom stereocenters. The minimum absolute atomic E-state index is 0.120. The van der Waals surface area contributed by atoms with Crippen molar-refractivity contribution in [2.24, 2.45) is 11.7 Å². The van der Waals surface area contributed by atoms with E-state index < -0.39 is 0 Å². The van der Waals surface area contributed by atoms with Crippen LogP contribution in [0.2, 0.25) is 0 Å². The smallest absolute Gasteiger partial charge is 0.233 e. The summed E-state index contributed by atoms with van der Waals surface area (Å²) in [6, 6.07) is 7.84. The van der Waals surface area contributed by atoms with Crippen molar-refractivity contribution in [2.75, 3.05) is 26.2 Å². The summed E-state index contributed by atoms with van der Waals surface area (Å²) in [6.45, 7) is 2.88. The van der Waals surface area contributed by atoms with Crippen LogP contribution in [0.5, 0.6) is 5.75 Å². The molecule has 1 aromatic carbocycles. The lowest BCUT2D eigenvalue weighted by Crippen LogP contribution is -2.42. The number of likely N-dealkylation sites (tertiary alicyclic amines) is 1. The fraction of sp³-hybridized carbons (Fsp3) is 0.533. The van der Waals surface area contributed by atoms with E-state index in [9.17, 15) is 4.79 Å². The summed E-state index contributed by atoms with van der Waals surface area (Å²) in [5, 5.41) is 0. The van der Waals surface area contributed by atoms with Crippen LogP contribution in [0.3, 0.4) is 0 Å². The molecule has 1 atom stereocenters. The van der Waals surface area contributed by atoms with Crippen molar-refractivity contribution >= 4 is 5.91 Å². The summed E-state index contributed by atoms with van der Waals surface area (Å²) < 4.78 is 5.60. The first-order valence-electron chi connectivity index (χ1n) is 7.00. The highest BCUT2D eigenvalue weighted by molar-refractivity contribution is 5.85. The number of carbonyl (C=O) groups is 1. The van der Waals surface area contributed by atoms with Gasteiger partial charge in [0.15, 0.2) is 0 Å². The van der Waals surface area contributed by atoms with Crippen molar-refractivity contribution in [3.63, 3.8) is 0 Å². The maximum absolute atomic E-state index is 12.6. The Kier molecular flexibility index (Phi) is 3.42. The van der Waals surface area contributed by atoms with Crippen LogP contribution in [-0.4, -0.2) is 37.0 Å². The maximum atomic E-state index is 12.6. The predicted molar refractivity (Wildman–Crippen MR) is 73.0 cm³/mol. The lowest BCUT2D eigenvalue weighted by molar-refractivity contribution is -0.134. The van der Waals surface area contributed by atoms with Gasteiger partial charge in [0.1, 0.15) is 18.3 Å². The van der Waals surface area contributed by atoms with Gasteiger partial charge >= 0.3 is 0 Å². The number of amides is 1. The molecule has 3 rings (SSSR count). The summed E-state index contributed by atoms with van der Waals surface area (Å²) in [5.74, 6) is 1.53. The summed E-state index contributed by atoms with van der Waals surface area (Å²) >= 11 is 0. The topological polar surface area (TPSA) is 55.6 Å². The molecule has 1 saturated heterocycles. The number of fused-ring (bicyclic) bond motifs is 1. The van der Waals surface area contributed by atoms with Crippen molar-refractivity contribution in [2.45, 2.75) is 18.8 Å². The van der Waals surface area contributed by atoms with Gasteiger partial charge in [0.2, 0.25) is 5.91 Å². The summed E-state index contributed by atoms with van der Waals surface area (Å²) in [5.41, 5.74) is 6.72. The van der Waals surface area contributed by atoms with Gasteiger partial charge in [-0.1, -0.05) is 18.2 Å². The molecule has 0 radical (unpaired) electrons. The van der Waals surface area contributed by atoms with Crippen LogP contribution in [-0.2, 0) is 4.79 Å². The molecule has 4 heteroatoms. The number of nitrogens with zero attached hydrogens (tertiary/aromatic N) is 1. The largest absolute Gasteiger partial charge is 0.492 e. The summed E-state index contributed by atoms with van der Waals surface area (Å²) in [6.07, 6.45) is 2.05. The average Bonchev–Trinajstić information content (AvgIpc) is 2.90. The van der Waals surface area contributed by atoms with Crippen molar-refractivity contribution in [3.05, 3.63) is 29.8 Å². The summed E-state index contributed by atoms with van der Waals surface area (Å²) in [7, 11) is 0. The molecule has 2 N–H and O–H groups in total. The fourth-order valence-electron chi connectivity index (χ4n) is 2.98. The third kappa shape index (κ3) is 2.32. The quantitative estimate of drug-likeness (QED) is 0.873. The first-order valence-corrected chi connectivity index (χ1v) is 7.00. The molecule has 1 fully saturated rings. The van der Waals surface area contributed by atoms with Gasteiger partial charge in [0, 0.05) is 18.7 Å². The highest BCUT2D eigenvalue weighted by Crippen LogP contribution is 2.35. The Bertz CT molecular complexity index is 467. The monoisotopic (exact) mass is 260 g/mol. The van der Waals surface area contributed by atoms with Crippen LogP contribution in [0.1, 0.15) is 24.3 Å². The van der Waals surface area contributed by atoms with E-state index in [0.717, 1.165) is 43.8 Å². The maximum Gasteiger partial charge on any atom is 0.233 e. The molecule has 4 nitrogen and oxygen atoms in total. The van der Waals surface area contributed by atoms with Gasteiger partial charge in [-0.25, -0.2) is 0 Å². The molecule has 1 amide bonds. The molecule has 0 spiro atoms. The first kappa shape index (κ1) is 12.5. The third-order valence-electron chi connectivity index (χ3n) is 4.26. The number of para-hydroxylation sites is 1. The van der Waals surface area contributed by atoms with Gasteiger partial charge < -0.3 is 15.4 Å². The minimum Gasteiger partial charge on any atom is -0.492 e. The molecule has 0 saturated carbocycles. The standard InChI is InChI=1S/C15H20N2O2/c16-9-11-5-7-17(8-6-11)15(18)13-10-19-14-4-2-1-3-12(13)14/h1-4,11,13H,5-10,16H2. The molecule has 0 aliphatic carbocycles. The molecule has 2 aliphatic heterocycles. The molecule has 0 bridgehead atoms. The Hall–Kier alpha value is -1.55. The SMILES string of the molecule is NCC1CCN(C(=O)C2COc3ccccc32)CC1. The van der Waals surface area contributed by atoms with E-state index in [2.05, 4.69) is 0 Å². The van der Waals surface area contributed by atoms with E-state index >= 15 is 0 Å². The van der Waals surface area contributed by atoms with Gasteiger partial charge in [-0.15, -0.1) is 0 Å². The van der Waals surface area contributed by atoms with Crippen LogP contribution in [0.15, 0.2) is 24.3 Å². The average molecular weight is 260 g/mol. The zero-order chi connectivity index (χ0) is 13.2. The second kappa shape index (κ2) is 5.21. The van der Waals surface area contributed by atoms with E-state index in [1.807, 2.05) is 29.2 Å². The second-order valence-electron chi connectivity index (χ2n) is 5.41. The third-order valence-corrected chi connectivity index (χ3v) is 4.26. The lowest BCUT2D eigenvalue weighted by atomic mass is 9.94. The van der Waals surface area contributed by atoms with Crippen molar-refractivity contribution in [3.8, 4) is 5.75 Å². The highest BCUT2D eigenvalue weighted by atomic mass is 16.5. The van der Waals surface area contributed by atoms with E-state index in [1.165, 1.54) is 0 Å². The number of carbonyl (C=O) groups excluding carboxylic acids is 1. The van der Waals surface area contributed by atoms with Gasteiger partial charge in [-0.3, -0.25) is 4.79 Å². The minimum atomic E-state index is -0.120. The van der Waals surface area contributed by atoms with Crippen LogP contribution < -0.4 is 10.5 Å². The van der Waals surface area contributed by atoms with E-state index in [0.29, 0.717) is 12.5 Å². The number of ether oxygens (including phenoxy) is 1. The first-order chi connectivity index (χ1) is 9.29. The predicted octanol–water partition coefficient (Wildman–Crippen LogP) is 1.36. The Morgan fingerprint density at radius 2 is 2.05 bits per heavy atom. The molecule has 2 aliphatic rings.